The lowest BCUT2D eigenvalue weighted by Crippen LogP contribution is -2.28. The van der Waals surface area contributed by atoms with Crippen molar-refractivity contribution in [2.24, 2.45) is 0 Å². The van der Waals surface area contributed by atoms with Gasteiger partial charge in [-0.05, 0) is 31.0 Å². The molecule has 1 aromatic rings. The maximum atomic E-state index is 12.0. The number of rotatable bonds is 5. The van der Waals surface area contributed by atoms with Crippen molar-refractivity contribution in [1.82, 2.24) is 4.89 Å². The highest BCUT2D eigenvalue weighted by atomic mass is 35.5. The van der Waals surface area contributed by atoms with Crippen LogP contribution in [0, 0.1) is 0 Å². The van der Waals surface area contributed by atoms with Gasteiger partial charge in [0.15, 0.2) is 0 Å². The van der Waals surface area contributed by atoms with Crippen LogP contribution in [0.15, 0.2) is 23.1 Å². The molecule has 0 spiro atoms. The van der Waals surface area contributed by atoms with Crippen molar-refractivity contribution in [2.75, 3.05) is 7.11 Å². The molecule has 1 saturated carbocycles. The van der Waals surface area contributed by atoms with Gasteiger partial charge >= 0.3 is 0 Å². The largest absolute Gasteiger partial charge is 0.495 e. The summed E-state index contributed by atoms with van der Waals surface area (Å²) in [5.74, 6) is 0.428. The minimum Gasteiger partial charge on any atom is -0.495 e. The summed E-state index contributed by atoms with van der Waals surface area (Å²) < 4.78 is 29.0. The van der Waals surface area contributed by atoms with E-state index < -0.39 is 10.0 Å². The summed E-state index contributed by atoms with van der Waals surface area (Å²) in [6.07, 6.45) is 3.86. The van der Waals surface area contributed by atoms with E-state index in [0.29, 0.717) is 5.75 Å². The van der Waals surface area contributed by atoms with Crippen LogP contribution in [-0.2, 0) is 14.9 Å². The zero-order chi connectivity index (χ0) is 13.9. The van der Waals surface area contributed by atoms with Gasteiger partial charge in [0, 0.05) is 0 Å². The maximum Gasteiger partial charge on any atom is 0.262 e. The Morgan fingerprint density at radius 3 is 2.58 bits per heavy atom. The molecular weight excluding hydrogens is 290 g/mol. The van der Waals surface area contributed by atoms with Gasteiger partial charge in [-0.25, -0.2) is 8.42 Å². The van der Waals surface area contributed by atoms with Crippen molar-refractivity contribution < 1.29 is 18.0 Å². The number of benzene rings is 1. The first-order valence-electron chi connectivity index (χ1n) is 6.04. The molecule has 0 radical (unpaired) electrons. The van der Waals surface area contributed by atoms with Gasteiger partial charge in [0.1, 0.15) is 5.75 Å². The molecule has 0 amide bonds. The van der Waals surface area contributed by atoms with Gasteiger partial charge in [0.25, 0.3) is 10.0 Å². The summed E-state index contributed by atoms with van der Waals surface area (Å²) >= 11 is 5.90. The van der Waals surface area contributed by atoms with E-state index >= 15 is 0 Å². The predicted octanol–water partition coefficient (Wildman–Crippen LogP) is 2.50. The Hall–Kier alpha value is -0.820. The van der Waals surface area contributed by atoms with Gasteiger partial charge in [0.2, 0.25) is 0 Å². The first-order chi connectivity index (χ1) is 9.03. The fourth-order valence-electron chi connectivity index (χ4n) is 2.00. The average Bonchev–Trinajstić information content (AvgIpc) is 2.89. The van der Waals surface area contributed by atoms with Gasteiger partial charge in [0.05, 0.1) is 23.1 Å². The van der Waals surface area contributed by atoms with Crippen molar-refractivity contribution in [3.05, 3.63) is 23.2 Å². The zero-order valence-corrected chi connectivity index (χ0v) is 12.1. The Balaban J connectivity index is 2.08. The fourth-order valence-corrected chi connectivity index (χ4v) is 3.20. The third kappa shape index (κ3) is 3.60. The molecule has 0 bridgehead atoms. The fraction of sp³-hybridized carbons (Fsp3) is 0.500. The molecule has 5 nitrogen and oxygen atoms in total. The molecule has 1 fully saturated rings. The van der Waals surface area contributed by atoms with Crippen LogP contribution in [0.3, 0.4) is 0 Å². The smallest absolute Gasteiger partial charge is 0.262 e. The Morgan fingerprint density at radius 2 is 2.00 bits per heavy atom. The molecule has 1 aliphatic carbocycles. The average molecular weight is 306 g/mol. The summed E-state index contributed by atoms with van der Waals surface area (Å²) in [5.41, 5.74) is 0. The SMILES string of the molecule is COc1ccc(S(=O)(=O)NOC2CCCC2)cc1Cl. The number of sulfonamides is 1. The highest BCUT2D eigenvalue weighted by Crippen LogP contribution is 2.27. The molecule has 106 valence electrons. The summed E-state index contributed by atoms with van der Waals surface area (Å²) in [5, 5.41) is 0.242. The van der Waals surface area contributed by atoms with Gasteiger partial charge in [-0.3, -0.25) is 4.84 Å². The van der Waals surface area contributed by atoms with Crippen LogP contribution in [0.4, 0.5) is 0 Å². The summed E-state index contributed by atoms with van der Waals surface area (Å²) in [6, 6.07) is 4.26. The molecule has 1 aliphatic rings. The van der Waals surface area contributed by atoms with E-state index in [-0.39, 0.29) is 16.0 Å². The lowest BCUT2D eigenvalue weighted by atomic mass is 10.3. The summed E-state index contributed by atoms with van der Waals surface area (Å²) in [6.45, 7) is 0. The second-order valence-electron chi connectivity index (χ2n) is 4.41. The number of methoxy groups -OCH3 is 1. The van der Waals surface area contributed by atoms with E-state index in [9.17, 15) is 8.42 Å². The van der Waals surface area contributed by atoms with E-state index in [2.05, 4.69) is 4.89 Å². The van der Waals surface area contributed by atoms with Crippen molar-refractivity contribution in [3.63, 3.8) is 0 Å². The molecule has 2 rings (SSSR count). The lowest BCUT2D eigenvalue weighted by molar-refractivity contribution is 0.0223. The molecule has 0 saturated heterocycles. The Bertz CT molecular complexity index is 541. The molecule has 0 unspecified atom stereocenters. The van der Waals surface area contributed by atoms with Crippen LogP contribution in [0.2, 0.25) is 5.02 Å². The lowest BCUT2D eigenvalue weighted by Gasteiger charge is -2.12. The molecular formula is C12H16ClNO4S. The van der Waals surface area contributed by atoms with Crippen molar-refractivity contribution in [3.8, 4) is 5.75 Å². The molecule has 0 atom stereocenters. The van der Waals surface area contributed by atoms with Crippen molar-refractivity contribution >= 4 is 21.6 Å². The van der Waals surface area contributed by atoms with Crippen molar-refractivity contribution in [1.29, 1.82) is 0 Å². The number of nitrogens with one attached hydrogen (secondary N) is 1. The first-order valence-corrected chi connectivity index (χ1v) is 7.90. The number of ether oxygens (including phenoxy) is 1. The van der Waals surface area contributed by atoms with E-state index in [1.165, 1.54) is 25.3 Å². The van der Waals surface area contributed by atoms with Crippen LogP contribution in [0.1, 0.15) is 25.7 Å². The molecule has 0 heterocycles. The molecule has 7 heteroatoms. The summed E-state index contributed by atoms with van der Waals surface area (Å²) in [4.78, 5) is 7.41. The Kier molecular flexibility index (Phi) is 4.67. The van der Waals surface area contributed by atoms with Gasteiger partial charge in [-0.15, -0.1) is 0 Å². The van der Waals surface area contributed by atoms with Crippen molar-refractivity contribution in [2.45, 2.75) is 36.7 Å². The number of hydrogen-bond donors (Lipinski definition) is 1. The maximum absolute atomic E-state index is 12.0. The van der Waals surface area contributed by atoms with E-state index in [1.54, 1.807) is 0 Å². The minimum atomic E-state index is -3.71. The topological polar surface area (TPSA) is 64.6 Å². The van der Waals surface area contributed by atoms with Crippen LogP contribution in [0.25, 0.3) is 0 Å². The molecule has 0 aliphatic heterocycles. The highest BCUT2D eigenvalue weighted by molar-refractivity contribution is 7.89. The molecule has 1 N–H and O–H groups in total. The predicted molar refractivity (Wildman–Crippen MR) is 71.7 cm³/mol. The second kappa shape index (κ2) is 6.09. The second-order valence-corrected chi connectivity index (χ2v) is 6.46. The molecule has 19 heavy (non-hydrogen) atoms. The molecule has 0 aromatic heterocycles. The number of hydrogen-bond acceptors (Lipinski definition) is 4. The monoisotopic (exact) mass is 305 g/mol. The minimum absolute atomic E-state index is 0.0384. The third-order valence-corrected chi connectivity index (χ3v) is 4.55. The van der Waals surface area contributed by atoms with Gasteiger partial charge in [-0.1, -0.05) is 29.3 Å². The normalized spacial score (nSPS) is 16.7. The van der Waals surface area contributed by atoms with E-state index in [0.717, 1.165) is 25.7 Å². The highest BCUT2D eigenvalue weighted by Gasteiger charge is 2.21. The Morgan fingerprint density at radius 1 is 1.32 bits per heavy atom. The standard InChI is InChI=1S/C12H16ClNO4S/c1-17-12-7-6-10(8-11(12)13)19(15,16)14-18-9-4-2-3-5-9/h6-9,14H,2-5H2,1H3. The van der Waals surface area contributed by atoms with Crippen LogP contribution in [-0.4, -0.2) is 21.6 Å². The molecule has 1 aromatic carbocycles. The van der Waals surface area contributed by atoms with Crippen LogP contribution in [0.5, 0.6) is 5.75 Å². The summed E-state index contributed by atoms with van der Waals surface area (Å²) in [7, 11) is -2.24. The zero-order valence-electron chi connectivity index (χ0n) is 10.6. The number of halogens is 1. The van der Waals surface area contributed by atoms with Gasteiger partial charge in [-0.2, -0.15) is 0 Å². The van der Waals surface area contributed by atoms with Gasteiger partial charge < -0.3 is 4.74 Å². The van der Waals surface area contributed by atoms with Crippen LogP contribution >= 0.6 is 11.6 Å². The third-order valence-electron chi connectivity index (χ3n) is 3.06. The quantitative estimate of drug-likeness (QED) is 0.849. The van der Waals surface area contributed by atoms with Crippen LogP contribution < -0.4 is 9.62 Å². The Labute approximate surface area is 117 Å². The first kappa shape index (κ1) is 14.6. The van der Waals surface area contributed by atoms with E-state index in [1.807, 2.05) is 0 Å². The van der Waals surface area contributed by atoms with E-state index in [4.69, 9.17) is 21.2 Å².